The lowest BCUT2D eigenvalue weighted by Gasteiger charge is -2.24. The van der Waals surface area contributed by atoms with Crippen molar-refractivity contribution >= 4 is 23.5 Å². The third-order valence-electron chi connectivity index (χ3n) is 5.87. The second-order valence-electron chi connectivity index (χ2n) is 9.16. The number of carbonyl (C=O) groups is 1. The van der Waals surface area contributed by atoms with Crippen LogP contribution in [0.25, 0.3) is 0 Å². The number of likely N-dealkylation sites (N-methyl/N-ethyl adjacent to an activating group) is 1. The molecule has 6 nitrogen and oxygen atoms in total. The Labute approximate surface area is 228 Å². The van der Waals surface area contributed by atoms with Crippen LogP contribution in [-0.2, 0) is 11.2 Å². The molecule has 0 bridgehead atoms. The fraction of sp³-hybridized carbons (Fsp3) is 0.433. The molecule has 0 unspecified atom stereocenters. The first-order valence-corrected chi connectivity index (χ1v) is 13.6. The monoisotopic (exact) mass is 523 g/mol. The van der Waals surface area contributed by atoms with E-state index in [1.54, 1.807) is 17.8 Å². The highest BCUT2D eigenvalue weighted by molar-refractivity contribution is 8.06. The third kappa shape index (κ3) is 13.3. The van der Waals surface area contributed by atoms with Crippen molar-refractivity contribution in [1.29, 1.82) is 0 Å². The number of amides is 1. The fourth-order valence-corrected chi connectivity index (χ4v) is 4.26. The van der Waals surface area contributed by atoms with Gasteiger partial charge in [0.2, 0.25) is 5.91 Å². The maximum Gasteiger partial charge on any atom is 0.229 e. The highest BCUT2D eigenvalue weighted by Crippen LogP contribution is 2.31. The molecule has 0 aromatic carbocycles. The van der Waals surface area contributed by atoms with E-state index >= 15 is 0 Å². The van der Waals surface area contributed by atoms with Gasteiger partial charge < -0.3 is 15.5 Å². The predicted octanol–water partition coefficient (Wildman–Crippen LogP) is 7.15. The molecule has 7 heteroatoms. The van der Waals surface area contributed by atoms with Gasteiger partial charge >= 0.3 is 0 Å². The molecule has 0 saturated heterocycles. The summed E-state index contributed by atoms with van der Waals surface area (Å²) in [5.41, 5.74) is 5.26. The summed E-state index contributed by atoms with van der Waals surface area (Å²) in [6, 6.07) is 3.73. The summed E-state index contributed by atoms with van der Waals surface area (Å²) < 4.78 is 0. The van der Waals surface area contributed by atoms with E-state index in [0.29, 0.717) is 18.7 Å². The molecule has 37 heavy (non-hydrogen) atoms. The van der Waals surface area contributed by atoms with Crippen molar-refractivity contribution in [3.63, 3.8) is 0 Å². The standard InChI is InChI=1S/C30H45N5OS/c1-10-22(3)20-30(36)32-29-17-16-28(33-34-29)15-13-12-14-25(6)37-26(7)35(9)24(5)18-23(4)19-27(11-2)21-31-8/h10,16-17,19,31H,4-7,11-15,18,20-21H2,1-3,8-9H3,(H,32,34,36)/b22-10+,27-19+. The first-order valence-electron chi connectivity index (χ1n) is 12.8. The van der Waals surface area contributed by atoms with Gasteiger partial charge in [0.15, 0.2) is 5.82 Å². The van der Waals surface area contributed by atoms with Crippen molar-refractivity contribution < 1.29 is 4.79 Å². The summed E-state index contributed by atoms with van der Waals surface area (Å²) in [7, 11) is 3.94. The van der Waals surface area contributed by atoms with E-state index in [-0.39, 0.29) is 5.91 Å². The summed E-state index contributed by atoms with van der Waals surface area (Å²) in [6.07, 6.45) is 9.86. The number of hydrogen-bond acceptors (Lipinski definition) is 6. The number of hydrogen-bond donors (Lipinski definition) is 2. The SMILES string of the molecule is C=C(/C=C(\CC)CNC)CC(=C)N(C)C(=C)SC(=C)CCCCc1ccc(NC(=O)C/C(C)=C/C)nn1. The molecule has 0 fully saturated rings. The van der Waals surface area contributed by atoms with Gasteiger partial charge in [-0.2, -0.15) is 5.10 Å². The number of rotatable bonds is 18. The first kappa shape index (κ1) is 32.1. The van der Waals surface area contributed by atoms with Gasteiger partial charge in [0.05, 0.1) is 10.7 Å². The fourth-order valence-electron chi connectivity index (χ4n) is 3.42. The summed E-state index contributed by atoms with van der Waals surface area (Å²) in [5.74, 6) is 0.399. The Kier molecular flexibility index (Phi) is 15.2. The largest absolute Gasteiger partial charge is 0.343 e. The van der Waals surface area contributed by atoms with Crippen LogP contribution >= 0.6 is 11.8 Å². The van der Waals surface area contributed by atoms with Crippen molar-refractivity contribution in [2.75, 3.05) is 26.0 Å². The summed E-state index contributed by atoms with van der Waals surface area (Å²) >= 11 is 1.60. The topological polar surface area (TPSA) is 70.2 Å². The number of nitrogens with zero attached hydrogens (tertiary/aromatic N) is 3. The van der Waals surface area contributed by atoms with Gasteiger partial charge in [-0.1, -0.05) is 68.3 Å². The number of aryl methyl sites for hydroxylation is 1. The van der Waals surface area contributed by atoms with E-state index in [1.807, 2.05) is 45.0 Å². The van der Waals surface area contributed by atoms with Gasteiger partial charge in [0.1, 0.15) is 0 Å². The molecule has 1 amide bonds. The van der Waals surface area contributed by atoms with Gasteiger partial charge in [0.25, 0.3) is 0 Å². The average molecular weight is 524 g/mol. The Morgan fingerprint density at radius 1 is 1.14 bits per heavy atom. The minimum absolute atomic E-state index is 0.0820. The zero-order valence-corrected chi connectivity index (χ0v) is 24.3. The van der Waals surface area contributed by atoms with Gasteiger partial charge in [-0.05, 0) is 75.6 Å². The normalized spacial score (nSPS) is 11.7. The molecule has 0 saturated carbocycles. The van der Waals surface area contributed by atoms with E-state index in [9.17, 15) is 4.79 Å². The first-order chi connectivity index (χ1) is 17.6. The number of allylic oxidation sites excluding steroid dienone is 4. The molecular weight excluding hydrogens is 478 g/mol. The summed E-state index contributed by atoms with van der Waals surface area (Å²) in [5, 5.41) is 15.3. The van der Waals surface area contributed by atoms with Crippen LogP contribution in [0.5, 0.6) is 0 Å². The maximum absolute atomic E-state index is 12.0. The zero-order valence-electron chi connectivity index (χ0n) is 23.5. The van der Waals surface area contributed by atoms with E-state index in [4.69, 9.17) is 0 Å². The Balaban J connectivity index is 2.38. The number of nitrogens with one attached hydrogen (secondary N) is 2. The number of anilines is 1. The number of thioether (sulfide) groups is 1. The zero-order chi connectivity index (χ0) is 27.8. The Bertz CT molecular complexity index is 1010. The van der Waals surface area contributed by atoms with Gasteiger partial charge in [-0.15, -0.1) is 5.10 Å². The lowest BCUT2D eigenvalue weighted by Crippen LogP contribution is -2.14. The molecule has 1 heterocycles. The van der Waals surface area contributed by atoms with Crippen molar-refractivity contribution in [1.82, 2.24) is 20.4 Å². The molecule has 0 aliphatic rings. The summed E-state index contributed by atoms with van der Waals surface area (Å²) in [4.78, 5) is 15.1. The molecule has 202 valence electrons. The number of aromatic nitrogens is 2. The molecular formula is C30H45N5OS. The summed E-state index contributed by atoms with van der Waals surface area (Å²) in [6.45, 7) is 23.7. The van der Waals surface area contributed by atoms with Gasteiger partial charge in [0, 0.05) is 32.1 Å². The number of carbonyl (C=O) groups excluding carboxylic acids is 1. The minimum Gasteiger partial charge on any atom is -0.343 e. The van der Waals surface area contributed by atoms with Crippen molar-refractivity contribution in [2.45, 2.75) is 65.7 Å². The molecule has 0 aliphatic carbocycles. The van der Waals surface area contributed by atoms with Crippen LogP contribution in [0.3, 0.4) is 0 Å². The van der Waals surface area contributed by atoms with Crippen LogP contribution in [0.2, 0.25) is 0 Å². The quantitative estimate of drug-likeness (QED) is 0.121. The van der Waals surface area contributed by atoms with E-state index in [2.05, 4.69) is 60.1 Å². The second kappa shape index (κ2) is 17.5. The second-order valence-corrected chi connectivity index (χ2v) is 10.4. The Morgan fingerprint density at radius 2 is 1.86 bits per heavy atom. The minimum atomic E-state index is -0.0820. The smallest absolute Gasteiger partial charge is 0.229 e. The highest BCUT2D eigenvalue weighted by Gasteiger charge is 2.10. The van der Waals surface area contributed by atoms with Gasteiger partial charge in [-0.25, -0.2) is 0 Å². The Morgan fingerprint density at radius 3 is 2.46 bits per heavy atom. The van der Waals surface area contributed by atoms with Crippen molar-refractivity contribution in [3.8, 4) is 0 Å². The lowest BCUT2D eigenvalue weighted by molar-refractivity contribution is -0.115. The van der Waals surface area contributed by atoms with Crippen LogP contribution in [-0.4, -0.2) is 41.6 Å². The number of unbranched alkanes of at least 4 members (excludes halogenated alkanes) is 1. The molecule has 1 rings (SSSR count). The molecule has 0 radical (unpaired) electrons. The van der Waals surface area contributed by atoms with Gasteiger partial charge in [-0.3, -0.25) is 4.79 Å². The average Bonchev–Trinajstić information content (AvgIpc) is 2.86. The molecule has 0 spiro atoms. The van der Waals surface area contributed by atoms with Crippen LogP contribution in [0.15, 0.2) is 83.0 Å². The van der Waals surface area contributed by atoms with E-state index < -0.39 is 0 Å². The van der Waals surface area contributed by atoms with Crippen molar-refractivity contribution in [2.24, 2.45) is 0 Å². The highest BCUT2D eigenvalue weighted by atomic mass is 32.2. The molecule has 0 aliphatic heterocycles. The van der Waals surface area contributed by atoms with E-state index in [0.717, 1.165) is 71.1 Å². The predicted molar refractivity (Wildman–Crippen MR) is 161 cm³/mol. The Hall–Kier alpha value is -2.90. The molecule has 2 N–H and O–H groups in total. The third-order valence-corrected chi connectivity index (χ3v) is 6.87. The van der Waals surface area contributed by atoms with Crippen LogP contribution in [0.1, 0.15) is 65.0 Å². The molecule has 0 atom stereocenters. The van der Waals surface area contributed by atoms with E-state index in [1.165, 1.54) is 5.57 Å². The van der Waals surface area contributed by atoms with Crippen LogP contribution in [0, 0.1) is 0 Å². The lowest BCUT2D eigenvalue weighted by atomic mass is 10.1. The maximum atomic E-state index is 12.0. The molecule has 1 aromatic heterocycles. The molecule has 1 aromatic rings. The van der Waals surface area contributed by atoms with Crippen LogP contribution < -0.4 is 10.6 Å². The van der Waals surface area contributed by atoms with Crippen molar-refractivity contribution in [3.05, 3.63) is 88.6 Å². The van der Waals surface area contributed by atoms with Crippen LogP contribution in [0.4, 0.5) is 5.82 Å².